The van der Waals surface area contributed by atoms with Crippen LogP contribution < -0.4 is 10.5 Å². The molecule has 0 aliphatic rings. The van der Waals surface area contributed by atoms with Crippen molar-refractivity contribution >= 4 is 17.0 Å². The molecule has 0 spiro atoms. The summed E-state index contributed by atoms with van der Waals surface area (Å²) in [6, 6.07) is 9.71. The van der Waals surface area contributed by atoms with E-state index < -0.39 is 0 Å². The van der Waals surface area contributed by atoms with Crippen molar-refractivity contribution in [3.8, 4) is 5.75 Å². The molecule has 0 amide bonds. The largest absolute Gasteiger partial charge is 0.497 e. The lowest BCUT2D eigenvalue weighted by molar-refractivity contribution is 0.109. The minimum atomic E-state index is 0.541. The second kappa shape index (κ2) is 5.70. The normalized spacial score (nSPS) is 10.4. The Morgan fingerprint density at radius 2 is 2.12 bits per heavy atom. The zero-order chi connectivity index (χ0) is 12.1. The molecule has 0 unspecified atom stereocenters. The lowest BCUT2D eigenvalue weighted by atomic mass is 10.2. The molecule has 0 saturated carbocycles. The van der Waals surface area contributed by atoms with E-state index in [4.69, 9.17) is 15.2 Å². The highest BCUT2D eigenvalue weighted by Crippen LogP contribution is 2.19. The van der Waals surface area contributed by atoms with Gasteiger partial charge in [0.05, 0.1) is 20.3 Å². The van der Waals surface area contributed by atoms with Gasteiger partial charge >= 0.3 is 0 Å². The Morgan fingerprint density at radius 1 is 1.24 bits per heavy atom. The van der Waals surface area contributed by atoms with E-state index in [2.05, 4.69) is 6.07 Å². The van der Waals surface area contributed by atoms with Gasteiger partial charge in [0.1, 0.15) is 5.75 Å². The molecule has 1 aromatic heterocycles. The quantitative estimate of drug-likeness (QED) is 0.828. The molecule has 0 saturated heterocycles. The molecule has 17 heavy (non-hydrogen) atoms. The Hall–Kier alpha value is -1.52. The highest BCUT2D eigenvalue weighted by Gasteiger charge is 2.00. The van der Waals surface area contributed by atoms with Crippen molar-refractivity contribution in [2.24, 2.45) is 0 Å². The van der Waals surface area contributed by atoms with Crippen LogP contribution in [0.1, 0.15) is 10.4 Å². The number of anilines is 1. The van der Waals surface area contributed by atoms with Crippen molar-refractivity contribution in [2.45, 2.75) is 13.2 Å². The molecular formula is C13H15NO2S. The van der Waals surface area contributed by atoms with Crippen molar-refractivity contribution in [1.29, 1.82) is 0 Å². The SMILES string of the molecule is COc1cc(N)cc(COCc2cccs2)c1. The fraction of sp³-hybridized carbons (Fsp3) is 0.231. The molecule has 2 rings (SSSR count). The van der Waals surface area contributed by atoms with E-state index >= 15 is 0 Å². The second-order valence-corrected chi connectivity index (χ2v) is 4.72. The third-order valence-corrected chi connectivity index (χ3v) is 3.17. The summed E-state index contributed by atoms with van der Waals surface area (Å²) in [5.74, 6) is 0.764. The molecule has 0 bridgehead atoms. The average Bonchev–Trinajstić information content (AvgIpc) is 2.81. The molecule has 0 atom stereocenters. The number of nitrogen functional groups attached to an aromatic ring is 1. The van der Waals surface area contributed by atoms with E-state index in [0.717, 1.165) is 11.3 Å². The highest BCUT2D eigenvalue weighted by molar-refractivity contribution is 7.09. The molecule has 2 aromatic rings. The minimum Gasteiger partial charge on any atom is -0.497 e. The van der Waals surface area contributed by atoms with E-state index in [0.29, 0.717) is 18.9 Å². The van der Waals surface area contributed by atoms with Crippen LogP contribution in [-0.2, 0) is 18.0 Å². The van der Waals surface area contributed by atoms with Crippen molar-refractivity contribution in [3.05, 3.63) is 46.2 Å². The smallest absolute Gasteiger partial charge is 0.121 e. The minimum absolute atomic E-state index is 0.541. The predicted octanol–water partition coefficient (Wildman–Crippen LogP) is 3.06. The molecular weight excluding hydrogens is 234 g/mol. The number of methoxy groups -OCH3 is 1. The van der Waals surface area contributed by atoms with Crippen LogP contribution in [0.25, 0.3) is 0 Å². The van der Waals surface area contributed by atoms with E-state index in [1.165, 1.54) is 4.88 Å². The maximum Gasteiger partial charge on any atom is 0.121 e. The van der Waals surface area contributed by atoms with Crippen LogP contribution in [0.4, 0.5) is 5.69 Å². The fourth-order valence-electron chi connectivity index (χ4n) is 1.55. The van der Waals surface area contributed by atoms with E-state index in [1.54, 1.807) is 24.5 Å². The topological polar surface area (TPSA) is 44.5 Å². The van der Waals surface area contributed by atoms with E-state index in [1.807, 2.05) is 23.6 Å². The zero-order valence-corrected chi connectivity index (χ0v) is 10.5. The molecule has 0 aliphatic carbocycles. The Bertz CT molecular complexity index is 468. The fourth-order valence-corrected chi connectivity index (χ4v) is 2.19. The third kappa shape index (κ3) is 3.47. The Labute approximate surface area is 105 Å². The first-order chi connectivity index (χ1) is 8.28. The Kier molecular flexibility index (Phi) is 4.01. The summed E-state index contributed by atoms with van der Waals surface area (Å²) in [6.45, 7) is 1.17. The molecule has 1 heterocycles. The monoisotopic (exact) mass is 249 g/mol. The standard InChI is InChI=1S/C13H15NO2S/c1-15-12-6-10(5-11(14)7-12)8-16-9-13-3-2-4-17-13/h2-7H,8-9,14H2,1H3. The first-order valence-corrected chi connectivity index (χ1v) is 6.19. The lowest BCUT2D eigenvalue weighted by Crippen LogP contribution is -1.96. The summed E-state index contributed by atoms with van der Waals surface area (Å²) in [6.07, 6.45) is 0. The van der Waals surface area contributed by atoms with Crippen molar-refractivity contribution in [1.82, 2.24) is 0 Å². The first kappa shape index (κ1) is 12.0. The van der Waals surface area contributed by atoms with Crippen LogP contribution in [0.15, 0.2) is 35.7 Å². The van der Waals surface area contributed by atoms with Gasteiger partial charge in [-0.2, -0.15) is 0 Å². The number of nitrogens with two attached hydrogens (primary N) is 1. The molecule has 90 valence electrons. The van der Waals surface area contributed by atoms with E-state index in [-0.39, 0.29) is 0 Å². The Morgan fingerprint density at radius 3 is 2.82 bits per heavy atom. The number of hydrogen-bond donors (Lipinski definition) is 1. The van der Waals surface area contributed by atoms with Gasteiger partial charge in [-0.15, -0.1) is 11.3 Å². The lowest BCUT2D eigenvalue weighted by Gasteiger charge is -2.07. The zero-order valence-electron chi connectivity index (χ0n) is 9.68. The predicted molar refractivity (Wildman–Crippen MR) is 70.2 cm³/mol. The van der Waals surface area contributed by atoms with Crippen LogP contribution >= 0.6 is 11.3 Å². The van der Waals surface area contributed by atoms with Crippen LogP contribution in [0.3, 0.4) is 0 Å². The third-order valence-electron chi connectivity index (χ3n) is 2.32. The summed E-state index contributed by atoms with van der Waals surface area (Å²) in [4.78, 5) is 1.22. The van der Waals surface area contributed by atoms with Crippen molar-refractivity contribution < 1.29 is 9.47 Å². The van der Waals surface area contributed by atoms with Gasteiger partial charge in [0, 0.05) is 16.6 Å². The second-order valence-electron chi connectivity index (χ2n) is 3.69. The number of benzene rings is 1. The number of ether oxygens (including phenoxy) is 2. The highest BCUT2D eigenvalue weighted by atomic mass is 32.1. The van der Waals surface area contributed by atoms with Crippen LogP contribution in [0.5, 0.6) is 5.75 Å². The molecule has 0 radical (unpaired) electrons. The number of thiophene rings is 1. The van der Waals surface area contributed by atoms with Crippen molar-refractivity contribution in [3.63, 3.8) is 0 Å². The molecule has 0 fully saturated rings. The van der Waals surface area contributed by atoms with Gasteiger partial charge in [0.2, 0.25) is 0 Å². The summed E-state index contributed by atoms with van der Waals surface area (Å²) in [7, 11) is 1.63. The number of hydrogen-bond acceptors (Lipinski definition) is 4. The first-order valence-electron chi connectivity index (χ1n) is 5.31. The van der Waals surface area contributed by atoms with Crippen LogP contribution in [0.2, 0.25) is 0 Å². The van der Waals surface area contributed by atoms with Crippen LogP contribution in [0, 0.1) is 0 Å². The van der Waals surface area contributed by atoms with Crippen LogP contribution in [-0.4, -0.2) is 7.11 Å². The maximum atomic E-state index is 5.77. The molecule has 0 aliphatic heterocycles. The summed E-state index contributed by atoms with van der Waals surface area (Å²) in [5, 5.41) is 2.04. The average molecular weight is 249 g/mol. The Balaban J connectivity index is 1.92. The summed E-state index contributed by atoms with van der Waals surface area (Å²) >= 11 is 1.69. The molecule has 3 nitrogen and oxygen atoms in total. The van der Waals surface area contributed by atoms with Gasteiger partial charge < -0.3 is 15.2 Å². The van der Waals surface area contributed by atoms with Gasteiger partial charge in [-0.3, -0.25) is 0 Å². The van der Waals surface area contributed by atoms with Gasteiger partial charge in [-0.1, -0.05) is 6.07 Å². The maximum absolute atomic E-state index is 5.77. The van der Waals surface area contributed by atoms with Crippen molar-refractivity contribution in [2.75, 3.05) is 12.8 Å². The van der Waals surface area contributed by atoms with Gasteiger partial charge in [0.25, 0.3) is 0 Å². The van der Waals surface area contributed by atoms with Gasteiger partial charge in [-0.25, -0.2) is 0 Å². The van der Waals surface area contributed by atoms with Gasteiger partial charge in [-0.05, 0) is 29.1 Å². The molecule has 2 N–H and O–H groups in total. The van der Waals surface area contributed by atoms with Gasteiger partial charge in [0.15, 0.2) is 0 Å². The molecule has 4 heteroatoms. The number of rotatable bonds is 5. The summed E-state index contributed by atoms with van der Waals surface area (Å²) in [5.41, 5.74) is 7.49. The molecule has 1 aromatic carbocycles. The van der Waals surface area contributed by atoms with E-state index in [9.17, 15) is 0 Å². The summed E-state index contributed by atoms with van der Waals surface area (Å²) < 4.78 is 10.8.